The van der Waals surface area contributed by atoms with Gasteiger partial charge in [-0.2, -0.15) is 5.10 Å². The van der Waals surface area contributed by atoms with Gasteiger partial charge in [0.25, 0.3) is 0 Å². The van der Waals surface area contributed by atoms with E-state index in [4.69, 9.17) is 22.1 Å². The van der Waals surface area contributed by atoms with E-state index in [1.807, 2.05) is 25.2 Å². The lowest BCUT2D eigenvalue weighted by atomic mass is 10.1. The third-order valence-corrected chi connectivity index (χ3v) is 2.64. The maximum absolute atomic E-state index is 6.05. The second-order valence-corrected chi connectivity index (χ2v) is 3.83. The van der Waals surface area contributed by atoms with Crippen LogP contribution in [0.5, 0.6) is 5.75 Å². The molecule has 0 bridgehead atoms. The van der Waals surface area contributed by atoms with E-state index >= 15 is 0 Å². The van der Waals surface area contributed by atoms with Crippen LogP contribution in [0.2, 0.25) is 5.02 Å². The zero-order valence-electron chi connectivity index (χ0n) is 9.07. The number of ether oxygens (including phenoxy) is 1. The van der Waals surface area contributed by atoms with Gasteiger partial charge in [0.2, 0.25) is 0 Å². The van der Waals surface area contributed by atoms with Crippen LogP contribution in [-0.2, 0) is 7.05 Å². The maximum Gasteiger partial charge on any atom is 0.146 e. The fraction of sp³-hybridized carbons (Fsp3) is 0.182. The summed E-state index contributed by atoms with van der Waals surface area (Å²) in [5, 5.41) is 4.65. The molecule has 0 aliphatic heterocycles. The van der Waals surface area contributed by atoms with Crippen molar-refractivity contribution in [2.75, 3.05) is 12.8 Å². The molecular formula is C11H12ClN3O. The number of nitrogen functional groups attached to an aromatic ring is 1. The van der Waals surface area contributed by atoms with Gasteiger partial charge in [0.05, 0.1) is 17.8 Å². The van der Waals surface area contributed by atoms with Crippen molar-refractivity contribution < 1.29 is 4.74 Å². The van der Waals surface area contributed by atoms with Crippen LogP contribution in [0, 0.1) is 0 Å². The number of aryl methyl sites for hydroxylation is 1. The molecule has 0 radical (unpaired) electrons. The second kappa shape index (κ2) is 4.06. The fourth-order valence-electron chi connectivity index (χ4n) is 1.59. The van der Waals surface area contributed by atoms with Crippen molar-refractivity contribution in [2.45, 2.75) is 0 Å². The Hall–Kier alpha value is -1.68. The number of benzene rings is 1. The summed E-state index contributed by atoms with van der Waals surface area (Å²) in [6.07, 6.45) is 0. The highest BCUT2D eigenvalue weighted by Gasteiger charge is 2.08. The Morgan fingerprint density at radius 1 is 1.38 bits per heavy atom. The van der Waals surface area contributed by atoms with Crippen LogP contribution in [-0.4, -0.2) is 16.9 Å². The standard InChI is InChI=1S/C11H12ClN3O/c1-15-9(6-11(13)14-15)7-3-4-10(16-2)8(12)5-7/h3-6H,1-2H3,(H2,13,14). The van der Waals surface area contributed by atoms with Crippen molar-refractivity contribution in [1.82, 2.24) is 9.78 Å². The summed E-state index contributed by atoms with van der Waals surface area (Å²) in [7, 11) is 3.42. The largest absolute Gasteiger partial charge is 0.495 e. The molecule has 0 amide bonds. The first-order valence-electron chi connectivity index (χ1n) is 4.75. The van der Waals surface area contributed by atoms with Crippen molar-refractivity contribution in [1.29, 1.82) is 0 Å². The molecular weight excluding hydrogens is 226 g/mol. The third kappa shape index (κ3) is 1.84. The van der Waals surface area contributed by atoms with Crippen LogP contribution in [0.3, 0.4) is 0 Å². The summed E-state index contributed by atoms with van der Waals surface area (Å²) in [6.45, 7) is 0. The third-order valence-electron chi connectivity index (χ3n) is 2.35. The molecule has 0 saturated carbocycles. The Kier molecular flexibility index (Phi) is 2.75. The van der Waals surface area contributed by atoms with Crippen LogP contribution >= 0.6 is 11.6 Å². The van der Waals surface area contributed by atoms with Crippen molar-refractivity contribution in [3.05, 3.63) is 29.3 Å². The number of hydrogen-bond acceptors (Lipinski definition) is 3. The highest BCUT2D eigenvalue weighted by atomic mass is 35.5. The zero-order valence-corrected chi connectivity index (χ0v) is 9.82. The minimum Gasteiger partial charge on any atom is -0.495 e. The summed E-state index contributed by atoms with van der Waals surface area (Å²) in [4.78, 5) is 0. The van der Waals surface area contributed by atoms with E-state index in [0.29, 0.717) is 16.6 Å². The minimum atomic E-state index is 0.490. The average molecular weight is 238 g/mol. The summed E-state index contributed by atoms with van der Waals surface area (Å²) in [5.41, 5.74) is 7.50. The quantitative estimate of drug-likeness (QED) is 0.872. The smallest absolute Gasteiger partial charge is 0.146 e. The van der Waals surface area contributed by atoms with Crippen LogP contribution in [0.15, 0.2) is 24.3 Å². The van der Waals surface area contributed by atoms with Crippen molar-refractivity contribution in [3.63, 3.8) is 0 Å². The molecule has 2 N–H and O–H groups in total. The predicted octanol–water partition coefficient (Wildman–Crippen LogP) is 2.33. The lowest BCUT2D eigenvalue weighted by Crippen LogP contribution is -1.94. The summed E-state index contributed by atoms with van der Waals surface area (Å²) >= 11 is 6.05. The average Bonchev–Trinajstić information content (AvgIpc) is 2.58. The van der Waals surface area contributed by atoms with E-state index < -0.39 is 0 Å². The molecule has 4 nitrogen and oxygen atoms in total. The number of aromatic nitrogens is 2. The molecule has 0 unspecified atom stereocenters. The van der Waals surface area contributed by atoms with E-state index in [2.05, 4.69) is 5.10 Å². The molecule has 2 aromatic rings. The molecule has 16 heavy (non-hydrogen) atoms. The van der Waals surface area contributed by atoms with E-state index in [1.165, 1.54) is 0 Å². The number of nitrogens with two attached hydrogens (primary N) is 1. The first kappa shape index (κ1) is 10.8. The monoisotopic (exact) mass is 237 g/mol. The molecule has 0 spiro atoms. The van der Waals surface area contributed by atoms with Gasteiger partial charge in [-0.05, 0) is 18.2 Å². The number of methoxy groups -OCH3 is 1. The number of hydrogen-bond donors (Lipinski definition) is 1. The van der Waals surface area contributed by atoms with Gasteiger partial charge >= 0.3 is 0 Å². The Morgan fingerprint density at radius 2 is 2.12 bits per heavy atom. The van der Waals surface area contributed by atoms with Crippen LogP contribution < -0.4 is 10.5 Å². The molecule has 2 rings (SSSR count). The SMILES string of the molecule is COc1ccc(-c2cc(N)nn2C)cc1Cl. The van der Waals surface area contributed by atoms with Gasteiger partial charge in [0.1, 0.15) is 11.6 Å². The van der Waals surface area contributed by atoms with Crippen LogP contribution in [0.1, 0.15) is 0 Å². The Bertz CT molecular complexity index is 522. The molecule has 0 aliphatic rings. The van der Waals surface area contributed by atoms with Crippen molar-refractivity contribution in [2.24, 2.45) is 7.05 Å². The van der Waals surface area contributed by atoms with E-state index in [0.717, 1.165) is 11.3 Å². The zero-order chi connectivity index (χ0) is 11.7. The van der Waals surface area contributed by atoms with Crippen molar-refractivity contribution in [3.8, 4) is 17.0 Å². The number of nitrogens with zero attached hydrogens (tertiary/aromatic N) is 2. The van der Waals surface area contributed by atoms with Crippen LogP contribution in [0.25, 0.3) is 11.3 Å². The summed E-state index contributed by atoms with van der Waals surface area (Å²) in [5.74, 6) is 1.14. The van der Waals surface area contributed by atoms with E-state index in [1.54, 1.807) is 17.9 Å². The summed E-state index contributed by atoms with van der Waals surface area (Å²) < 4.78 is 6.81. The topological polar surface area (TPSA) is 53.1 Å². The van der Waals surface area contributed by atoms with E-state index in [-0.39, 0.29) is 0 Å². The first-order chi connectivity index (χ1) is 7.61. The molecule has 1 aromatic carbocycles. The number of anilines is 1. The molecule has 1 aromatic heterocycles. The van der Waals surface area contributed by atoms with Gasteiger partial charge in [-0.1, -0.05) is 11.6 Å². The van der Waals surface area contributed by atoms with Crippen LogP contribution in [0.4, 0.5) is 5.82 Å². The minimum absolute atomic E-state index is 0.490. The molecule has 5 heteroatoms. The highest BCUT2D eigenvalue weighted by Crippen LogP contribution is 2.30. The van der Waals surface area contributed by atoms with Crippen molar-refractivity contribution >= 4 is 17.4 Å². The van der Waals surface area contributed by atoms with E-state index in [9.17, 15) is 0 Å². The van der Waals surface area contributed by atoms with Gasteiger partial charge in [-0.3, -0.25) is 4.68 Å². The normalized spacial score (nSPS) is 10.4. The highest BCUT2D eigenvalue weighted by molar-refractivity contribution is 6.32. The number of rotatable bonds is 2. The summed E-state index contributed by atoms with van der Waals surface area (Å²) in [6, 6.07) is 7.37. The van der Waals surface area contributed by atoms with Gasteiger partial charge in [-0.15, -0.1) is 0 Å². The van der Waals surface area contributed by atoms with Gasteiger partial charge < -0.3 is 10.5 Å². The molecule has 0 saturated heterocycles. The maximum atomic E-state index is 6.05. The number of halogens is 1. The van der Waals surface area contributed by atoms with Gasteiger partial charge in [0.15, 0.2) is 0 Å². The van der Waals surface area contributed by atoms with Gasteiger partial charge in [-0.25, -0.2) is 0 Å². The van der Waals surface area contributed by atoms with Gasteiger partial charge in [0, 0.05) is 18.7 Å². The lowest BCUT2D eigenvalue weighted by molar-refractivity contribution is 0.415. The first-order valence-corrected chi connectivity index (χ1v) is 5.13. The predicted molar refractivity (Wildman–Crippen MR) is 64.6 cm³/mol. The Balaban J connectivity index is 2.49. The molecule has 0 fully saturated rings. The lowest BCUT2D eigenvalue weighted by Gasteiger charge is -2.06. The Labute approximate surface area is 98.6 Å². The molecule has 84 valence electrons. The Morgan fingerprint density at radius 3 is 2.62 bits per heavy atom. The molecule has 0 atom stereocenters. The molecule has 1 heterocycles. The molecule has 0 aliphatic carbocycles. The second-order valence-electron chi connectivity index (χ2n) is 3.43. The fourth-order valence-corrected chi connectivity index (χ4v) is 1.84.